The number of hydrogen-bond donors (Lipinski definition) is 1. The maximum absolute atomic E-state index is 5.98. The summed E-state index contributed by atoms with van der Waals surface area (Å²) < 4.78 is 11.3. The second-order valence-corrected chi connectivity index (χ2v) is 7.76. The average molecular weight is 383 g/mol. The van der Waals surface area contributed by atoms with Crippen LogP contribution in [0.1, 0.15) is 62.3 Å². The van der Waals surface area contributed by atoms with Gasteiger partial charge in [0.15, 0.2) is 5.96 Å². The molecule has 1 fully saturated rings. The molecule has 26 heavy (non-hydrogen) atoms. The molecule has 1 aliphatic rings. The Labute approximate surface area is 162 Å². The summed E-state index contributed by atoms with van der Waals surface area (Å²) in [6.45, 7) is 4.43. The Morgan fingerprint density at radius 1 is 1.42 bits per heavy atom. The SMILES string of the molecule is CN=C(NCCCOC1CCCCC1)N(C)Cc1csc(C(C)OC)n1. The maximum atomic E-state index is 5.98. The van der Waals surface area contributed by atoms with E-state index in [1.54, 1.807) is 18.4 Å². The van der Waals surface area contributed by atoms with E-state index < -0.39 is 0 Å². The van der Waals surface area contributed by atoms with Crippen molar-refractivity contribution in [3.63, 3.8) is 0 Å². The van der Waals surface area contributed by atoms with Crippen LogP contribution in [-0.4, -0.2) is 56.3 Å². The Bertz CT molecular complexity index is 543. The molecule has 0 spiro atoms. The monoisotopic (exact) mass is 382 g/mol. The van der Waals surface area contributed by atoms with Gasteiger partial charge >= 0.3 is 0 Å². The second-order valence-electron chi connectivity index (χ2n) is 6.87. The number of ether oxygens (including phenoxy) is 2. The van der Waals surface area contributed by atoms with Crippen molar-refractivity contribution in [1.29, 1.82) is 0 Å². The molecule has 1 aliphatic carbocycles. The normalized spacial score (nSPS) is 17.3. The number of aromatic nitrogens is 1. The Balaban J connectivity index is 1.67. The Morgan fingerprint density at radius 2 is 2.19 bits per heavy atom. The molecule has 148 valence electrons. The summed E-state index contributed by atoms with van der Waals surface area (Å²) >= 11 is 1.64. The minimum Gasteiger partial charge on any atom is -0.378 e. The number of thiazole rings is 1. The number of nitrogens with one attached hydrogen (secondary N) is 1. The molecular formula is C19H34N4O2S. The van der Waals surface area contributed by atoms with E-state index in [0.717, 1.165) is 42.8 Å². The summed E-state index contributed by atoms with van der Waals surface area (Å²) in [5.41, 5.74) is 1.04. The molecule has 0 aliphatic heterocycles. The van der Waals surface area contributed by atoms with E-state index in [1.165, 1.54) is 32.1 Å². The molecule has 0 radical (unpaired) electrons. The van der Waals surface area contributed by atoms with E-state index in [9.17, 15) is 0 Å². The van der Waals surface area contributed by atoms with Crippen molar-refractivity contribution in [2.45, 2.75) is 64.2 Å². The van der Waals surface area contributed by atoms with Gasteiger partial charge in [-0.15, -0.1) is 11.3 Å². The van der Waals surface area contributed by atoms with Gasteiger partial charge in [0.05, 0.1) is 18.3 Å². The van der Waals surface area contributed by atoms with Crippen LogP contribution < -0.4 is 5.32 Å². The third kappa shape index (κ3) is 6.85. The number of aliphatic imine (C=N–C) groups is 1. The summed E-state index contributed by atoms with van der Waals surface area (Å²) in [7, 11) is 5.56. The lowest BCUT2D eigenvalue weighted by Crippen LogP contribution is -2.39. The van der Waals surface area contributed by atoms with E-state index >= 15 is 0 Å². The summed E-state index contributed by atoms with van der Waals surface area (Å²) in [5.74, 6) is 0.886. The molecular weight excluding hydrogens is 348 g/mol. The Kier molecular flexibility index (Phi) is 9.36. The third-order valence-electron chi connectivity index (χ3n) is 4.75. The molecule has 1 aromatic heterocycles. The van der Waals surface area contributed by atoms with Gasteiger partial charge in [-0.2, -0.15) is 0 Å². The van der Waals surface area contributed by atoms with Gasteiger partial charge in [0.1, 0.15) is 11.1 Å². The highest BCUT2D eigenvalue weighted by Crippen LogP contribution is 2.21. The molecule has 0 amide bonds. The minimum absolute atomic E-state index is 0.0423. The lowest BCUT2D eigenvalue weighted by Gasteiger charge is -2.23. The van der Waals surface area contributed by atoms with Crippen LogP contribution in [0.5, 0.6) is 0 Å². The van der Waals surface area contributed by atoms with Crippen molar-refractivity contribution < 1.29 is 9.47 Å². The van der Waals surface area contributed by atoms with Crippen molar-refractivity contribution in [2.24, 2.45) is 4.99 Å². The molecule has 1 atom stereocenters. The number of hydrogen-bond acceptors (Lipinski definition) is 5. The van der Waals surface area contributed by atoms with Crippen LogP contribution in [0.2, 0.25) is 0 Å². The van der Waals surface area contributed by atoms with Gasteiger partial charge in [0.25, 0.3) is 0 Å². The molecule has 1 unspecified atom stereocenters. The van der Waals surface area contributed by atoms with Crippen LogP contribution >= 0.6 is 11.3 Å². The highest BCUT2D eigenvalue weighted by molar-refractivity contribution is 7.09. The molecule has 2 rings (SSSR count). The molecule has 0 aromatic carbocycles. The van der Waals surface area contributed by atoms with Crippen LogP contribution in [0.3, 0.4) is 0 Å². The first kappa shape index (κ1) is 21.1. The Hall–Kier alpha value is -1.18. The zero-order valence-electron chi connectivity index (χ0n) is 16.7. The number of rotatable bonds is 9. The zero-order chi connectivity index (χ0) is 18.8. The van der Waals surface area contributed by atoms with Crippen LogP contribution in [0.15, 0.2) is 10.4 Å². The fourth-order valence-electron chi connectivity index (χ4n) is 3.14. The van der Waals surface area contributed by atoms with Crippen molar-refractivity contribution >= 4 is 17.3 Å². The zero-order valence-corrected chi connectivity index (χ0v) is 17.5. The Morgan fingerprint density at radius 3 is 2.88 bits per heavy atom. The smallest absolute Gasteiger partial charge is 0.193 e. The summed E-state index contributed by atoms with van der Waals surface area (Å²) in [5, 5.41) is 6.52. The highest BCUT2D eigenvalue weighted by Gasteiger charge is 2.14. The van der Waals surface area contributed by atoms with Gasteiger partial charge in [-0.05, 0) is 26.2 Å². The standard InChI is InChI=1S/C19H34N4O2S/c1-15(24-4)18-22-16(14-26-18)13-23(3)19(20-2)21-11-8-12-25-17-9-6-5-7-10-17/h14-15,17H,5-13H2,1-4H3,(H,20,21). The van der Waals surface area contributed by atoms with E-state index in [2.05, 4.69) is 25.6 Å². The van der Waals surface area contributed by atoms with E-state index in [0.29, 0.717) is 6.10 Å². The first-order valence-electron chi connectivity index (χ1n) is 9.64. The molecule has 6 nitrogen and oxygen atoms in total. The average Bonchev–Trinajstić information content (AvgIpc) is 3.13. The van der Waals surface area contributed by atoms with Crippen LogP contribution in [0, 0.1) is 0 Å². The molecule has 1 saturated carbocycles. The summed E-state index contributed by atoms with van der Waals surface area (Å²) in [6, 6.07) is 0. The largest absolute Gasteiger partial charge is 0.378 e. The molecule has 0 bridgehead atoms. The second kappa shape index (κ2) is 11.5. The molecule has 7 heteroatoms. The molecule has 1 N–H and O–H groups in total. The van der Waals surface area contributed by atoms with Gasteiger partial charge in [-0.1, -0.05) is 19.3 Å². The van der Waals surface area contributed by atoms with Crippen molar-refractivity contribution in [3.8, 4) is 0 Å². The number of methoxy groups -OCH3 is 1. The lowest BCUT2D eigenvalue weighted by atomic mass is 9.98. The quantitative estimate of drug-likeness (QED) is 0.402. The maximum Gasteiger partial charge on any atom is 0.193 e. The molecule has 1 heterocycles. The predicted molar refractivity (Wildman–Crippen MR) is 108 cm³/mol. The third-order valence-corrected chi connectivity index (χ3v) is 5.81. The van der Waals surface area contributed by atoms with Gasteiger partial charge in [-0.25, -0.2) is 4.98 Å². The minimum atomic E-state index is 0.0423. The first-order chi connectivity index (χ1) is 12.6. The fourth-order valence-corrected chi connectivity index (χ4v) is 3.98. The van der Waals surface area contributed by atoms with Crippen molar-refractivity contribution in [1.82, 2.24) is 15.2 Å². The van der Waals surface area contributed by atoms with Crippen LogP contribution in [0.25, 0.3) is 0 Å². The van der Waals surface area contributed by atoms with E-state index in [-0.39, 0.29) is 6.10 Å². The number of nitrogens with zero attached hydrogens (tertiary/aromatic N) is 3. The predicted octanol–water partition coefficient (Wildman–Crippen LogP) is 3.60. The van der Waals surface area contributed by atoms with E-state index in [1.807, 2.05) is 21.0 Å². The van der Waals surface area contributed by atoms with Crippen molar-refractivity contribution in [2.75, 3.05) is 34.4 Å². The number of guanidine groups is 1. The first-order valence-corrected chi connectivity index (χ1v) is 10.5. The van der Waals surface area contributed by atoms with Gasteiger partial charge in [0, 0.05) is 39.7 Å². The van der Waals surface area contributed by atoms with Gasteiger partial charge < -0.3 is 19.7 Å². The molecule has 0 saturated heterocycles. The van der Waals surface area contributed by atoms with Crippen LogP contribution in [-0.2, 0) is 16.0 Å². The van der Waals surface area contributed by atoms with Crippen LogP contribution in [0.4, 0.5) is 0 Å². The topological polar surface area (TPSA) is 59.0 Å². The summed E-state index contributed by atoms with van der Waals surface area (Å²) in [6.07, 6.45) is 8.00. The summed E-state index contributed by atoms with van der Waals surface area (Å²) in [4.78, 5) is 11.1. The van der Waals surface area contributed by atoms with Crippen molar-refractivity contribution in [3.05, 3.63) is 16.1 Å². The molecule has 1 aromatic rings. The van der Waals surface area contributed by atoms with Gasteiger partial charge in [0.2, 0.25) is 0 Å². The van der Waals surface area contributed by atoms with Gasteiger partial charge in [-0.3, -0.25) is 4.99 Å². The highest BCUT2D eigenvalue weighted by atomic mass is 32.1. The fraction of sp³-hybridized carbons (Fsp3) is 0.789. The lowest BCUT2D eigenvalue weighted by molar-refractivity contribution is 0.0276. The van der Waals surface area contributed by atoms with E-state index in [4.69, 9.17) is 9.47 Å².